The molecule has 79 heavy (non-hydrogen) atoms. The predicted molar refractivity (Wildman–Crippen MR) is 307 cm³/mol. The average Bonchev–Trinajstić information content (AvgIpc) is 4.26. The summed E-state index contributed by atoms with van der Waals surface area (Å²) in [4.78, 5) is 61.2. The normalized spacial score (nSPS) is 15.4. The summed E-state index contributed by atoms with van der Waals surface area (Å²) in [5.74, 6) is 0.162. The molecule has 2 aromatic heterocycles. The van der Waals surface area contributed by atoms with Crippen LogP contribution in [-0.2, 0) is 35.8 Å². The SMILES string of the molecule is CCC[C@H](CC)Oc1ccc(C(C)(C)C)cc1NC(=O)c1nnn(-c2cc(C)c(OCCCCCCOCCOCC(=O)N[C@H](C(=O)N3C[C@H](O)C[C@H]3C(=O)NCc3ccc(-c4scnc4C)cc3)C(C)(C)C)cc2OC)c1C. The highest BCUT2D eigenvalue weighted by Crippen LogP contribution is 2.36. The number of unbranched alkanes of at least 4 members (excludes halogenated alkanes) is 3. The van der Waals surface area contributed by atoms with E-state index in [2.05, 4.69) is 71.9 Å². The number of carbonyl (C=O) groups excluding carboxylic acids is 4. The molecule has 1 saturated heterocycles. The maximum absolute atomic E-state index is 14.0. The largest absolute Gasteiger partial charge is 0.494 e. The van der Waals surface area contributed by atoms with Crippen LogP contribution in [0.4, 0.5) is 5.69 Å². The van der Waals surface area contributed by atoms with Gasteiger partial charge in [0.2, 0.25) is 17.7 Å². The number of rotatable bonds is 28. The second-order valence-electron chi connectivity index (χ2n) is 22.4. The fourth-order valence-electron chi connectivity index (χ4n) is 9.34. The Morgan fingerprint density at radius 1 is 0.861 bits per heavy atom. The van der Waals surface area contributed by atoms with Crippen molar-refractivity contribution < 1.29 is 48.0 Å². The summed E-state index contributed by atoms with van der Waals surface area (Å²) in [6, 6.07) is 15.8. The Morgan fingerprint density at radius 2 is 1.58 bits per heavy atom. The molecule has 6 rings (SSSR count). The minimum atomic E-state index is -0.962. The van der Waals surface area contributed by atoms with E-state index in [4.69, 9.17) is 23.7 Å². The van der Waals surface area contributed by atoms with E-state index in [9.17, 15) is 24.3 Å². The maximum atomic E-state index is 14.0. The van der Waals surface area contributed by atoms with E-state index in [0.29, 0.717) is 54.1 Å². The molecule has 1 aliphatic heterocycles. The van der Waals surface area contributed by atoms with Crippen LogP contribution in [0.3, 0.4) is 0 Å². The number of hydrogen-bond acceptors (Lipinski definition) is 14. The number of carbonyl (C=O) groups is 4. The lowest BCUT2D eigenvalue weighted by Gasteiger charge is -2.35. The molecule has 1 aliphatic rings. The molecule has 18 nitrogen and oxygen atoms in total. The third kappa shape index (κ3) is 17.1. The van der Waals surface area contributed by atoms with Crippen molar-refractivity contribution in [2.24, 2.45) is 5.41 Å². The van der Waals surface area contributed by atoms with Gasteiger partial charge in [-0.3, -0.25) is 19.2 Å². The number of nitrogens with one attached hydrogen (secondary N) is 3. The molecule has 19 heteroatoms. The fraction of sp³-hybridized carbons (Fsp3) is 0.550. The number of aliphatic hydroxyl groups is 1. The summed E-state index contributed by atoms with van der Waals surface area (Å²) in [6.07, 6.45) is 5.56. The lowest BCUT2D eigenvalue weighted by atomic mass is 9.85. The zero-order chi connectivity index (χ0) is 57.4. The smallest absolute Gasteiger partial charge is 0.278 e. The number of methoxy groups -OCH3 is 1. The van der Waals surface area contributed by atoms with Crippen molar-refractivity contribution in [3.8, 4) is 33.4 Å². The topological polar surface area (TPSA) is 218 Å². The van der Waals surface area contributed by atoms with Gasteiger partial charge in [-0.05, 0) is 104 Å². The van der Waals surface area contributed by atoms with Gasteiger partial charge in [-0.2, -0.15) is 0 Å². The van der Waals surface area contributed by atoms with E-state index in [0.717, 1.165) is 77.8 Å². The molecule has 4 amide bonds. The van der Waals surface area contributed by atoms with Crippen LogP contribution in [0.5, 0.6) is 17.2 Å². The summed E-state index contributed by atoms with van der Waals surface area (Å²) in [5.41, 5.74) is 7.78. The van der Waals surface area contributed by atoms with Crippen LogP contribution in [0, 0.1) is 26.2 Å². The summed E-state index contributed by atoms with van der Waals surface area (Å²) in [5, 5.41) is 28.1. The van der Waals surface area contributed by atoms with Crippen molar-refractivity contribution in [1.29, 1.82) is 0 Å². The van der Waals surface area contributed by atoms with Crippen LogP contribution < -0.4 is 30.2 Å². The zero-order valence-electron chi connectivity index (χ0n) is 48.5. The highest BCUT2D eigenvalue weighted by molar-refractivity contribution is 7.13. The van der Waals surface area contributed by atoms with Crippen molar-refractivity contribution >= 4 is 40.7 Å². The number of amides is 4. The molecular formula is C60H84N8O10S. The number of thiazole rings is 1. The number of aryl methyl sites for hydroxylation is 2. The highest BCUT2D eigenvalue weighted by atomic mass is 32.1. The van der Waals surface area contributed by atoms with Gasteiger partial charge in [0, 0.05) is 32.2 Å². The van der Waals surface area contributed by atoms with Crippen molar-refractivity contribution in [3.05, 3.63) is 93.9 Å². The average molecular weight is 1110 g/mol. The number of nitrogens with zero attached hydrogens (tertiary/aromatic N) is 5. The van der Waals surface area contributed by atoms with E-state index in [1.165, 1.54) is 4.90 Å². The molecule has 4 N–H and O–H groups in total. The first-order chi connectivity index (χ1) is 37.6. The van der Waals surface area contributed by atoms with E-state index in [1.807, 2.05) is 88.7 Å². The van der Waals surface area contributed by atoms with Gasteiger partial charge in [-0.15, -0.1) is 16.4 Å². The van der Waals surface area contributed by atoms with E-state index < -0.39 is 41.3 Å². The number of hydrogen-bond donors (Lipinski definition) is 4. The maximum Gasteiger partial charge on any atom is 0.278 e. The number of ether oxygens (including phenoxy) is 5. The molecule has 0 spiro atoms. The minimum absolute atomic E-state index is 0.0153. The Labute approximate surface area is 470 Å². The molecule has 0 unspecified atom stereocenters. The Hall–Kier alpha value is -6.41. The van der Waals surface area contributed by atoms with Crippen molar-refractivity contribution in [3.63, 3.8) is 0 Å². The van der Waals surface area contributed by atoms with Crippen molar-refractivity contribution in [1.82, 2.24) is 35.5 Å². The molecule has 0 saturated carbocycles. The van der Waals surface area contributed by atoms with Gasteiger partial charge in [-0.25, -0.2) is 9.67 Å². The van der Waals surface area contributed by atoms with Gasteiger partial charge in [-0.1, -0.05) is 104 Å². The van der Waals surface area contributed by atoms with E-state index in [-0.39, 0.29) is 55.8 Å². The van der Waals surface area contributed by atoms with Crippen LogP contribution in [0.2, 0.25) is 0 Å². The molecule has 430 valence electrons. The zero-order valence-corrected chi connectivity index (χ0v) is 49.3. The minimum Gasteiger partial charge on any atom is -0.494 e. The monoisotopic (exact) mass is 1110 g/mol. The Kier molecular flexibility index (Phi) is 22.4. The third-order valence-electron chi connectivity index (χ3n) is 14.0. The van der Waals surface area contributed by atoms with E-state index >= 15 is 0 Å². The number of anilines is 1. The van der Waals surface area contributed by atoms with Crippen LogP contribution >= 0.6 is 11.3 Å². The predicted octanol–water partition coefficient (Wildman–Crippen LogP) is 9.61. The fourth-order valence-corrected chi connectivity index (χ4v) is 10.2. The Morgan fingerprint density at radius 3 is 2.24 bits per heavy atom. The second-order valence-corrected chi connectivity index (χ2v) is 23.3. The highest BCUT2D eigenvalue weighted by Gasteiger charge is 2.44. The molecule has 0 radical (unpaired) electrons. The summed E-state index contributed by atoms with van der Waals surface area (Å²) in [6.45, 7) is 23.4. The third-order valence-corrected chi connectivity index (χ3v) is 15.0. The van der Waals surface area contributed by atoms with Gasteiger partial charge in [0.25, 0.3) is 5.91 Å². The molecule has 0 bridgehead atoms. The number of aromatic nitrogens is 4. The quantitative estimate of drug-likeness (QED) is 0.0344. The molecule has 4 atom stereocenters. The van der Waals surface area contributed by atoms with Gasteiger partial charge in [0.05, 0.1) is 66.6 Å². The Bertz CT molecular complexity index is 2820. The number of β-amino-alcohol motifs (C(OH)–C–C–N with tert-alkyl or cyclic N) is 1. The van der Waals surface area contributed by atoms with Gasteiger partial charge >= 0.3 is 0 Å². The van der Waals surface area contributed by atoms with Crippen molar-refractivity contribution in [2.45, 2.75) is 164 Å². The van der Waals surface area contributed by atoms with E-state index in [1.54, 1.807) is 30.1 Å². The first-order valence-corrected chi connectivity index (χ1v) is 28.6. The lowest BCUT2D eigenvalue weighted by molar-refractivity contribution is -0.144. The molecule has 5 aromatic rings. The Balaban J connectivity index is 0.886. The number of benzene rings is 3. The van der Waals surface area contributed by atoms with Crippen LogP contribution in [-0.4, -0.2) is 125 Å². The number of aliphatic hydroxyl groups excluding tert-OH is 1. The summed E-state index contributed by atoms with van der Waals surface area (Å²) in [7, 11) is 1.58. The molecule has 1 fully saturated rings. The first-order valence-electron chi connectivity index (χ1n) is 27.7. The first kappa shape index (κ1) is 61.8. The molecule has 0 aliphatic carbocycles. The van der Waals surface area contributed by atoms with Crippen LogP contribution in [0.1, 0.15) is 145 Å². The number of likely N-dealkylation sites (tertiary alicyclic amines) is 1. The van der Waals surface area contributed by atoms with Gasteiger partial charge in [0.1, 0.15) is 41.6 Å². The van der Waals surface area contributed by atoms with Gasteiger partial charge in [0.15, 0.2) is 5.69 Å². The van der Waals surface area contributed by atoms with Crippen LogP contribution in [0.25, 0.3) is 16.1 Å². The summed E-state index contributed by atoms with van der Waals surface area (Å²) >= 11 is 1.57. The second kappa shape index (κ2) is 28.6. The van der Waals surface area contributed by atoms with Crippen molar-refractivity contribution in [2.75, 3.05) is 52.0 Å². The summed E-state index contributed by atoms with van der Waals surface area (Å²) < 4.78 is 31.4. The van der Waals surface area contributed by atoms with Gasteiger partial charge < -0.3 is 49.6 Å². The lowest BCUT2D eigenvalue weighted by Crippen LogP contribution is -2.58. The van der Waals surface area contributed by atoms with Crippen LogP contribution in [0.15, 0.2) is 60.1 Å². The molecule has 3 heterocycles. The standard InChI is InChI=1S/C60H84N8O10S/c1-13-19-45(14-2)78-49-25-24-43(59(6,7)8)31-46(49)63-57(72)53-40(5)68(66-65-53)47-30-38(3)50(33-51(47)74-12)77-27-18-16-15-17-26-75-28-29-76-36-52(70)64-55(60(9,10)11)58(73)67-35-44(69)32-48(67)56(71)61-34-41-20-22-42(23-21-41)54-39(4)62-37-79-54/h20-25,30-31,33,37,44-45,48,55,69H,13-19,26-29,32,34-36H2,1-12H3,(H,61,71)(H,63,72)(H,64,70)/t44-,45+,48+,55-/m1/s1. The molecule has 3 aromatic carbocycles. The molecular weight excluding hydrogens is 1020 g/mol.